The number of rotatable bonds is 4. The smallest absolute Gasteiger partial charge is 0.274 e. The first-order valence-corrected chi connectivity index (χ1v) is 8.58. The van der Waals surface area contributed by atoms with Crippen LogP contribution < -0.4 is 5.73 Å². The zero-order valence-corrected chi connectivity index (χ0v) is 15.2. The highest BCUT2D eigenvalue weighted by molar-refractivity contribution is 6.34. The number of likely N-dealkylation sites (N-methyl/N-ethyl adjacent to an activating group) is 1. The van der Waals surface area contributed by atoms with Gasteiger partial charge in [0, 0.05) is 25.3 Å². The molecule has 1 amide bonds. The Hall–Kier alpha value is -1.96. The number of nitrogen functional groups attached to an aromatic ring is 1. The van der Waals surface area contributed by atoms with Crippen LogP contribution in [0.1, 0.15) is 22.7 Å². The average Bonchev–Trinajstić information content (AvgIpc) is 3.06. The van der Waals surface area contributed by atoms with Crippen LogP contribution in [-0.4, -0.2) is 56.8 Å². The second-order valence-electron chi connectivity index (χ2n) is 5.97. The number of aromatic nitrogens is 3. The summed E-state index contributed by atoms with van der Waals surface area (Å²) < 4.78 is 0. The van der Waals surface area contributed by atoms with Crippen molar-refractivity contribution >= 4 is 34.9 Å². The normalized spacial score (nSPS) is 17.3. The van der Waals surface area contributed by atoms with Gasteiger partial charge in [-0.3, -0.25) is 9.69 Å². The number of anilines is 1. The summed E-state index contributed by atoms with van der Waals surface area (Å²) >= 11 is 12.0. The van der Waals surface area contributed by atoms with Crippen molar-refractivity contribution in [1.82, 2.24) is 24.8 Å². The monoisotopic (exact) mass is 380 g/mol. The maximum atomic E-state index is 12.7. The van der Waals surface area contributed by atoms with Crippen LogP contribution in [0.25, 0.3) is 0 Å². The number of likely N-dealkylation sites (tertiary alicyclic amines) is 1. The molecule has 7 nitrogen and oxygen atoms in total. The fourth-order valence-corrected chi connectivity index (χ4v) is 3.18. The lowest BCUT2D eigenvalue weighted by molar-refractivity contribution is 0.0773. The number of hydrogen-bond acceptors (Lipinski definition) is 6. The van der Waals surface area contributed by atoms with E-state index in [2.05, 4.69) is 19.9 Å². The van der Waals surface area contributed by atoms with Crippen molar-refractivity contribution < 1.29 is 4.79 Å². The second-order valence-corrected chi connectivity index (χ2v) is 6.77. The third kappa shape index (κ3) is 4.18. The molecular weight excluding hydrogens is 363 g/mol. The molecule has 1 fully saturated rings. The minimum absolute atomic E-state index is 0.191. The van der Waals surface area contributed by atoms with Crippen molar-refractivity contribution in [3.8, 4) is 0 Å². The van der Waals surface area contributed by atoms with E-state index in [1.165, 1.54) is 0 Å². The Bertz CT molecular complexity index is 787. The van der Waals surface area contributed by atoms with E-state index in [9.17, 15) is 4.79 Å². The quantitative estimate of drug-likeness (QED) is 0.817. The van der Waals surface area contributed by atoms with Gasteiger partial charge in [0.1, 0.15) is 22.5 Å². The summed E-state index contributed by atoms with van der Waals surface area (Å²) in [5.74, 6) is 0.902. The van der Waals surface area contributed by atoms with Gasteiger partial charge < -0.3 is 10.6 Å². The number of nitrogens with two attached hydrogens (primary N) is 1. The number of pyridine rings is 1. The number of hydrogen-bond donors (Lipinski definition) is 1. The zero-order valence-electron chi connectivity index (χ0n) is 13.7. The fourth-order valence-electron chi connectivity index (χ4n) is 2.85. The van der Waals surface area contributed by atoms with Crippen LogP contribution in [0.5, 0.6) is 0 Å². The molecule has 9 heteroatoms. The molecule has 1 saturated heterocycles. The lowest BCUT2D eigenvalue weighted by atomic mass is 10.2. The molecule has 25 heavy (non-hydrogen) atoms. The minimum atomic E-state index is -0.205. The van der Waals surface area contributed by atoms with E-state index in [1.54, 1.807) is 29.3 Å². The van der Waals surface area contributed by atoms with Gasteiger partial charge in [-0.25, -0.2) is 15.0 Å². The van der Waals surface area contributed by atoms with Crippen LogP contribution in [0.3, 0.4) is 0 Å². The first kappa shape index (κ1) is 17.8. The van der Waals surface area contributed by atoms with Gasteiger partial charge >= 0.3 is 0 Å². The van der Waals surface area contributed by atoms with Gasteiger partial charge in [-0.2, -0.15) is 0 Å². The molecule has 132 valence electrons. The van der Waals surface area contributed by atoms with Crippen LogP contribution in [0.15, 0.2) is 24.4 Å². The molecule has 0 radical (unpaired) electrons. The highest BCUT2D eigenvalue weighted by atomic mass is 35.5. The zero-order chi connectivity index (χ0) is 18.0. The van der Waals surface area contributed by atoms with Crippen LogP contribution in [0.2, 0.25) is 10.2 Å². The maximum absolute atomic E-state index is 12.7. The summed E-state index contributed by atoms with van der Waals surface area (Å²) in [6.07, 6.45) is 2.49. The molecule has 1 aliphatic heterocycles. The van der Waals surface area contributed by atoms with E-state index in [4.69, 9.17) is 28.9 Å². The largest absolute Gasteiger partial charge is 0.384 e. The van der Waals surface area contributed by atoms with E-state index in [0.717, 1.165) is 6.42 Å². The van der Waals surface area contributed by atoms with Crippen LogP contribution >= 0.6 is 23.2 Å². The Morgan fingerprint density at radius 2 is 2.16 bits per heavy atom. The van der Waals surface area contributed by atoms with Crippen LogP contribution in [-0.2, 0) is 6.54 Å². The van der Waals surface area contributed by atoms with Crippen molar-refractivity contribution in [3.05, 3.63) is 46.1 Å². The molecule has 1 aliphatic rings. The van der Waals surface area contributed by atoms with E-state index in [1.807, 2.05) is 7.05 Å². The second kappa shape index (κ2) is 7.51. The van der Waals surface area contributed by atoms with E-state index < -0.39 is 0 Å². The van der Waals surface area contributed by atoms with Gasteiger partial charge in [-0.05, 0) is 31.7 Å². The standard InChI is InChI=1S/C16H18Cl2N6O/c1-23(9-14-20-6-4-13(19)22-14)10-5-7-24(8-10)16(25)15-11(17)2-3-12(18)21-15/h2-4,6,10H,5,7-9H2,1H3,(H2,19,20,22)/t10-/m1/s1. The highest BCUT2D eigenvalue weighted by Gasteiger charge is 2.31. The third-order valence-electron chi connectivity index (χ3n) is 4.21. The molecule has 0 aliphatic carbocycles. The van der Waals surface area contributed by atoms with Gasteiger partial charge in [0.05, 0.1) is 11.6 Å². The van der Waals surface area contributed by atoms with Crippen molar-refractivity contribution in [2.75, 3.05) is 25.9 Å². The lowest BCUT2D eigenvalue weighted by Crippen LogP contribution is -2.36. The predicted molar refractivity (Wildman–Crippen MR) is 96.5 cm³/mol. The van der Waals surface area contributed by atoms with Crippen LogP contribution in [0, 0.1) is 0 Å². The summed E-state index contributed by atoms with van der Waals surface area (Å²) in [7, 11) is 1.98. The maximum Gasteiger partial charge on any atom is 0.274 e. The Morgan fingerprint density at radius 1 is 1.36 bits per heavy atom. The summed E-state index contributed by atoms with van der Waals surface area (Å²) in [6.45, 7) is 1.78. The molecule has 0 bridgehead atoms. The van der Waals surface area contributed by atoms with Crippen molar-refractivity contribution in [3.63, 3.8) is 0 Å². The number of halogens is 2. The van der Waals surface area contributed by atoms with Gasteiger partial charge in [-0.15, -0.1) is 0 Å². The van der Waals surface area contributed by atoms with Gasteiger partial charge in [0.25, 0.3) is 5.91 Å². The molecule has 0 unspecified atom stereocenters. The number of carbonyl (C=O) groups is 1. The molecule has 2 N–H and O–H groups in total. The third-order valence-corrected chi connectivity index (χ3v) is 4.72. The predicted octanol–water partition coefficient (Wildman–Crippen LogP) is 2.11. The number of amides is 1. The van der Waals surface area contributed by atoms with Gasteiger partial charge in [-0.1, -0.05) is 23.2 Å². The molecule has 1 atom stereocenters. The molecular formula is C16H18Cl2N6O. The lowest BCUT2D eigenvalue weighted by Gasteiger charge is -2.24. The Labute approximate surface area is 155 Å². The van der Waals surface area contributed by atoms with Crippen molar-refractivity contribution in [2.24, 2.45) is 0 Å². The number of nitrogens with zero attached hydrogens (tertiary/aromatic N) is 5. The SMILES string of the molecule is CN(Cc1nccc(N)n1)[C@@H]1CCN(C(=O)c2nc(Cl)ccc2Cl)C1. The summed E-state index contributed by atoms with van der Waals surface area (Å²) in [6, 6.07) is 5.00. The minimum Gasteiger partial charge on any atom is -0.384 e. The van der Waals surface area contributed by atoms with E-state index in [-0.39, 0.29) is 22.8 Å². The Morgan fingerprint density at radius 3 is 2.92 bits per heavy atom. The number of carbonyl (C=O) groups excluding carboxylic acids is 1. The molecule has 0 aromatic carbocycles. The topological polar surface area (TPSA) is 88.2 Å². The Balaban J connectivity index is 1.64. The van der Waals surface area contributed by atoms with E-state index in [0.29, 0.717) is 36.3 Å². The molecule has 3 heterocycles. The summed E-state index contributed by atoms with van der Waals surface area (Å²) in [4.78, 5) is 29.0. The van der Waals surface area contributed by atoms with E-state index >= 15 is 0 Å². The molecule has 2 aromatic rings. The highest BCUT2D eigenvalue weighted by Crippen LogP contribution is 2.22. The average molecular weight is 381 g/mol. The summed E-state index contributed by atoms with van der Waals surface area (Å²) in [5.41, 5.74) is 5.88. The van der Waals surface area contributed by atoms with Crippen LogP contribution in [0.4, 0.5) is 5.82 Å². The molecule has 3 rings (SSSR count). The first-order valence-electron chi connectivity index (χ1n) is 7.83. The fraction of sp³-hybridized carbons (Fsp3) is 0.375. The molecule has 2 aromatic heterocycles. The van der Waals surface area contributed by atoms with Gasteiger partial charge in [0.2, 0.25) is 0 Å². The van der Waals surface area contributed by atoms with Crippen molar-refractivity contribution in [2.45, 2.75) is 19.0 Å². The van der Waals surface area contributed by atoms with Gasteiger partial charge in [0.15, 0.2) is 0 Å². The molecule has 0 saturated carbocycles. The Kier molecular flexibility index (Phi) is 5.36. The summed E-state index contributed by atoms with van der Waals surface area (Å²) in [5, 5.41) is 0.554. The van der Waals surface area contributed by atoms with Crippen molar-refractivity contribution in [1.29, 1.82) is 0 Å². The molecule has 0 spiro atoms. The first-order chi connectivity index (χ1) is 11.9.